The number of rotatable bonds is 4. The van der Waals surface area contributed by atoms with E-state index in [0.717, 1.165) is 0 Å². The smallest absolute Gasteiger partial charge is 0.319 e. The van der Waals surface area contributed by atoms with Crippen LogP contribution in [0, 0.1) is 17.2 Å². The number of nitrogens with one attached hydrogen (secondary N) is 2. The Balaban J connectivity index is 2.63. The maximum absolute atomic E-state index is 11.7. The Labute approximate surface area is 117 Å². The van der Waals surface area contributed by atoms with Crippen molar-refractivity contribution in [3.05, 3.63) is 28.8 Å². The van der Waals surface area contributed by atoms with E-state index in [-0.39, 0.29) is 29.6 Å². The molecular formula is C13H16ClN3O2. The molecule has 0 aliphatic carbocycles. The van der Waals surface area contributed by atoms with E-state index >= 15 is 0 Å². The molecule has 19 heavy (non-hydrogen) atoms. The SMILES string of the molecule is CC(CO)C(C)NC(=O)Nc1ccc(C#N)c(Cl)c1. The summed E-state index contributed by atoms with van der Waals surface area (Å²) in [6.07, 6.45) is 0. The molecule has 1 aromatic rings. The van der Waals surface area contributed by atoms with Crippen LogP contribution in [0.2, 0.25) is 5.02 Å². The minimum Gasteiger partial charge on any atom is -0.396 e. The summed E-state index contributed by atoms with van der Waals surface area (Å²) in [6, 6.07) is 6.06. The number of nitrogens with zero attached hydrogens (tertiary/aromatic N) is 1. The van der Waals surface area contributed by atoms with Gasteiger partial charge in [0.2, 0.25) is 0 Å². The van der Waals surface area contributed by atoms with E-state index in [0.29, 0.717) is 11.3 Å². The van der Waals surface area contributed by atoms with E-state index in [1.54, 1.807) is 6.07 Å². The van der Waals surface area contributed by atoms with Crippen LogP contribution in [0.3, 0.4) is 0 Å². The molecule has 6 heteroatoms. The topological polar surface area (TPSA) is 85.2 Å². The van der Waals surface area contributed by atoms with Gasteiger partial charge >= 0.3 is 6.03 Å². The number of hydrogen-bond donors (Lipinski definition) is 3. The molecule has 0 fully saturated rings. The van der Waals surface area contributed by atoms with Crippen LogP contribution in [0.25, 0.3) is 0 Å². The second-order valence-corrected chi connectivity index (χ2v) is 4.76. The fourth-order valence-corrected chi connectivity index (χ4v) is 1.58. The largest absolute Gasteiger partial charge is 0.396 e. The van der Waals surface area contributed by atoms with E-state index in [4.69, 9.17) is 22.0 Å². The number of aliphatic hydroxyl groups is 1. The first-order chi connectivity index (χ1) is 8.97. The lowest BCUT2D eigenvalue weighted by Gasteiger charge is -2.19. The molecule has 0 saturated heterocycles. The molecular weight excluding hydrogens is 266 g/mol. The van der Waals surface area contributed by atoms with Crippen molar-refractivity contribution in [2.24, 2.45) is 5.92 Å². The van der Waals surface area contributed by atoms with Crippen LogP contribution in [0.15, 0.2) is 18.2 Å². The molecule has 2 atom stereocenters. The number of amides is 2. The highest BCUT2D eigenvalue weighted by Gasteiger charge is 2.14. The van der Waals surface area contributed by atoms with E-state index in [2.05, 4.69) is 10.6 Å². The van der Waals surface area contributed by atoms with Crippen molar-refractivity contribution < 1.29 is 9.90 Å². The number of halogens is 1. The first-order valence-electron chi connectivity index (χ1n) is 5.86. The third-order valence-electron chi connectivity index (χ3n) is 2.85. The van der Waals surface area contributed by atoms with E-state index < -0.39 is 0 Å². The van der Waals surface area contributed by atoms with Crippen LogP contribution in [0.5, 0.6) is 0 Å². The van der Waals surface area contributed by atoms with Crippen LogP contribution >= 0.6 is 11.6 Å². The van der Waals surface area contributed by atoms with Gasteiger partial charge in [0.05, 0.1) is 10.6 Å². The fraction of sp³-hybridized carbons (Fsp3) is 0.385. The summed E-state index contributed by atoms with van der Waals surface area (Å²) in [4.78, 5) is 11.7. The van der Waals surface area contributed by atoms with Gasteiger partial charge in [-0.1, -0.05) is 18.5 Å². The van der Waals surface area contributed by atoms with Crippen molar-refractivity contribution in [1.29, 1.82) is 5.26 Å². The number of nitriles is 1. The molecule has 0 aromatic heterocycles. The number of aliphatic hydroxyl groups excluding tert-OH is 1. The molecule has 3 N–H and O–H groups in total. The lowest BCUT2D eigenvalue weighted by molar-refractivity contribution is 0.204. The molecule has 0 aliphatic rings. The predicted octanol–water partition coefficient (Wildman–Crippen LogP) is 2.35. The fourth-order valence-electron chi connectivity index (χ4n) is 1.36. The minimum absolute atomic E-state index is 0.00411. The Kier molecular flexibility index (Phi) is 5.61. The summed E-state index contributed by atoms with van der Waals surface area (Å²) in [5.41, 5.74) is 0.861. The van der Waals surface area contributed by atoms with Gasteiger partial charge in [0.15, 0.2) is 0 Å². The highest BCUT2D eigenvalue weighted by Crippen LogP contribution is 2.20. The molecule has 0 spiro atoms. The lowest BCUT2D eigenvalue weighted by atomic mass is 10.1. The molecule has 2 amide bonds. The van der Waals surface area contributed by atoms with Gasteiger partial charge in [-0.15, -0.1) is 0 Å². The Morgan fingerprint density at radius 1 is 1.53 bits per heavy atom. The zero-order chi connectivity index (χ0) is 14.4. The maximum atomic E-state index is 11.7. The van der Waals surface area contributed by atoms with Gasteiger partial charge in [0, 0.05) is 18.3 Å². The summed E-state index contributed by atoms with van der Waals surface area (Å²) in [6.45, 7) is 3.65. The van der Waals surface area contributed by atoms with Crippen molar-refractivity contribution in [3.8, 4) is 6.07 Å². The molecule has 1 aromatic carbocycles. The first-order valence-corrected chi connectivity index (χ1v) is 6.23. The maximum Gasteiger partial charge on any atom is 0.319 e. The van der Waals surface area contributed by atoms with Gasteiger partial charge in [-0.05, 0) is 31.0 Å². The summed E-state index contributed by atoms with van der Waals surface area (Å²) >= 11 is 5.86. The highest BCUT2D eigenvalue weighted by atomic mass is 35.5. The molecule has 0 heterocycles. The monoisotopic (exact) mass is 281 g/mol. The lowest BCUT2D eigenvalue weighted by Crippen LogP contribution is -2.40. The Hall–Kier alpha value is -1.77. The summed E-state index contributed by atoms with van der Waals surface area (Å²) in [5, 5.41) is 23.3. The normalized spacial score (nSPS) is 13.2. The predicted molar refractivity (Wildman–Crippen MR) is 74.0 cm³/mol. The Morgan fingerprint density at radius 3 is 2.74 bits per heavy atom. The van der Waals surface area contributed by atoms with Crippen molar-refractivity contribution in [1.82, 2.24) is 5.32 Å². The number of carbonyl (C=O) groups is 1. The number of hydrogen-bond acceptors (Lipinski definition) is 3. The number of urea groups is 1. The number of anilines is 1. The average molecular weight is 282 g/mol. The Bertz CT molecular complexity index is 499. The van der Waals surface area contributed by atoms with E-state index in [1.165, 1.54) is 12.1 Å². The second-order valence-electron chi connectivity index (χ2n) is 4.35. The summed E-state index contributed by atoms with van der Waals surface area (Å²) < 4.78 is 0. The van der Waals surface area contributed by atoms with Crippen molar-refractivity contribution in [3.63, 3.8) is 0 Å². The standard InChI is InChI=1S/C13H16ClN3O2/c1-8(7-18)9(2)16-13(19)17-11-4-3-10(6-15)12(14)5-11/h3-5,8-9,18H,7H2,1-2H3,(H2,16,17,19). The molecule has 5 nitrogen and oxygen atoms in total. The van der Waals surface area contributed by atoms with E-state index in [1.807, 2.05) is 19.9 Å². The van der Waals surface area contributed by atoms with Crippen molar-refractivity contribution in [2.75, 3.05) is 11.9 Å². The Morgan fingerprint density at radius 2 is 2.21 bits per heavy atom. The van der Waals surface area contributed by atoms with Crippen molar-refractivity contribution in [2.45, 2.75) is 19.9 Å². The summed E-state index contributed by atoms with van der Waals surface area (Å²) in [5.74, 6) is -0.0321. The average Bonchev–Trinajstić information content (AvgIpc) is 2.37. The van der Waals surface area contributed by atoms with Crippen LogP contribution in [-0.2, 0) is 0 Å². The van der Waals surface area contributed by atoms with Gasteiger partial charge in [0.1, 0.15) is 6.07 Å². The first kappa shape index (κ1) is 15.3. The molecule has 0 bridgehead atoms. The summed E-state index contributed by atoms with van der Waals surface area (Å²) in [7, 11) is 0. The third-order valence-corrected chi connectivity index (χ3v) is 3.16. The van der Waals surface area contributed by atoms with Crippen LogP contribution < -0.4 is 10.6 Å². The molecule has 1 rings (SSSR count). The minimum atomic E-state index is -0.381. The van der Waals surface area contributed by atoms with Crippen molar-refractivity contribution >= 4 is 23.3 Å². The molecule has 0 aliphatic heterocycles. The van der Waals surface area contributed by atoms with Crippen LogP contribution in [-0.4, -0.2) is 23.8 Å². The van der Waals surface area contributed by atoms with E-state index in [9.17, 15) is 4.79 Å². The van der Waals surface area contributed by atoms with Gasteiger partial charge in [-0.3, -0.25) is 0 Å². The van der Waals surface area contributed by atoms with Crippen LogP contribution in [0.4, 0.5) is 10.5 Å². The van der Waals surface area contributed by atoms with Gasteiger partial charge in [-0.2, -0.15) is 5.26 Å². The van der Waals surface area contributed by atoms with Gasteiger partial charge in [-0.25, -0.2) is 4.79 Å². The number of benzene rings is 1. The number of carbonyl (C=O) groups excluding carboxylic acids is 1. The highest BCUT2D eigenvalue weighted by molar-refractivity contribution is 6.32. The molecule has 2 unspecified atom stereocenters. The zero-order valence-corrected chi connectivity index (χ0v) is 11.5. The molecule has 0 radical (unpaired) electrons. The quantitative estimate of drug-likeness (QED) is 0.792. The zero-order valence-electron chi connectivity index (χ0n) is 10.8. The van der Waals surface area contributed by atoms with Crippen LogP contribution in [0.1, 0.15) is 19.4 Å². The second kappa shape index (κ2) is 6.98. The molecule has 0 saturated carbocycles. The van der Waals surface area contributed by atoms with Gasteiger partial charge < -0.3 is 15.7 Å². The third kappa shape index (κ3) is 4.43. The van der Waals surface area contributed by atoms with Gasteiger partial charge in [0.25, 0.3) is 0 Å². The molecule has 102 valence electrons.